The minimum atomic E-state index is 0.0878. The predicted octanol–water partition coefficient (Wildman–Crippen LogP) is 3.18. The molecule has 0 aliphatic carbocycles. The molecule has 28 heavy (non-hydrogen) atoms. The van der Waals surface area contributed by atoms with E-state index in [1.807, 2.05) is 53.4 Å². The maximum absolute atomic E-state index is 12.8. The molecule has 4 rings (SSSR count). The van der Waals surface area contributed by atoms with Crippen LogP contribution in [-0.4, -0.2) is 51.9 Å². The van der Waals surface area contributed by atoms with Crippen molar-refractivity contribution in [2.45, 2.75) is 0 Å². The Morgan fingerprint density at radius 1 is 0.929 bits per heavy atom. The van der Waals surface area contributed by atoms with Crippen LogP contribution in [-0.2, 0) is 0 Å². The summed E-state index contributed by atoms with van der Waals surface area (Å²) in [6, 6.07) is 15.3. The zero-order valence-corrected chi connectivity index (χ0v) is 17.3. The number of halogens is 1. The van der Waals surface area contributed by atoms with Gasteiger partial charge in [0.25, 0.3) is 5.91 Å². The van der Waals surface area contributed by atoms with Gasteiger partial charge in [0.05, 0.1) is 5.56 Å². The lowest BCUT2D eigenvalue weighted by Gasteiger charge is -2.35. The summed E-state index contributed by atoms with van der Waals surface area (Å²) in [7, 11) is 0. The molecular formula is C20H19IN6O. The van der Waals surface area contributed by atoms with Gasteiger partial charge in [0.1, 0.15) is 23.8 Å². The van der Waals surface area contributed by atoms with Crippen molar-refractivity contribution >= 4 is 46.0 Å². The highest BCUT2D eigenvalue weighted by molar-refractivity contribution is 14.1. The van der Waals surface area contributed by atoms with Gasteiger partial charge in [0.15, 0.2) is 0 Å². The van der Waals surface area contributed by atoms with Crippen molar-refractivity contribution in [3.63, 3.8) is 0 Å². The number of carbonyl (C=O) groups excluding carboxylic acids is 1. The molecule has 0 saturated carbocycles. The number of pyridine rings is 1. The van der Waals surface area contributed by atoms with E-state index >= 15 is 0 Å². The van der Waals surface area contributed by atoms with E-state index in [1.54, 1.807) is 12.5 Å². The number of anilines is 3. The van der Waals surface area contributed by atoms with Crippen LogP contribution in [0.15, 0.2) is 61.1 Å². The molecular weight excluding hydrogens is 467 g/mol. The molecule has 3 aromatic rings. The molecule has 8 heteroatoms. The van der Waals surface area contributed by atoms with Crippen LogP contribution in [0.1, 0.15) is 10.4 Å². The number of aromatic nitrogens is 3. The summed E-state index contributed by atoms with van der Waals surface area (Å²) in [5, 5.41) is 3.18. The molecule has 0 radical (unpaired) electrons. The minimum absolute atomic E-state index is 0.0878. The second-order valence-corrected chi connectivity index (χ2v) is 7.52. The first-order valence-electron chi connectivity index (χ1n) is 8.99. The van der Waals surface area contributed by atoms with Gasteiger partial charge in [-0.2, -0.15) is 0 Å². The van der Waals surface area contributed by atoms with Crippen LogP contribution in [0.3, 0.4) is 0 Å². The van der Waals surface area contributed by atoms with Crippen molar-refractivity contribution in [2.75, 3.05) is 36.4 Å². The second-order valence-electron chi connectivity index (χ2n) is 6.36. The van der Waals surface area contributed by atoms with Crippen LogP contribution < -0.4 is 10.2 Å². The number of hydrogen-bond acceptors (Lipinski definition) is 6. The van der Waals surface area contributed by atoms with Gasteiger partial charge in [0, 0.05) is 42.0 Å². The molecule has 7 nitrogen and oxygen atoms in total. The van der Waals surface area contributed by atoms with Gasteiger partial charge in [0.2, 0.25) is 0 Å². The normalized spacial score (nSPS) is 14.0. The van der Waals surface area contributed by atoms with Gasteiger partial charge in [-0.15, -0.1) is 0 Å². The molecule has 1 amide bonds. The summed E-state index contributed by atoms with van der Waals surface area (Å²) in [6.07, 6.45) is 3.28. The van der Waals surface area contributed by atoms with Crippen molar-refractivity contribution in [3.8, 4) is 0 Å². The third kappa shape index (κ3) is 4.22. The van der Waals surface area contributed by atoms with Crippen LogP contribution in [0.5, 0.6) is 0 Å². The van der Waals surface area contributed by atoms with Crippen LogP contribution >= 0.6 is 22.6 Å². The smallest absolute Gasteiger partial charge is 0.255 e. The number of benzene rings is 1. The summed E-state index contributed by atoms with van der Waals surface area (Å²) < 4.78 is 0.980. The van der Waals surface area contributed by atoms with E-state index in [0.717, 1.165) is 33.9 Å². The third-order valence-electron chi connectivity index (χ3n) is 4.57. The summed E-state index contributed by atoms with van der Waals surface area (Å²) in [4.78, 5) is 29.8. The number of amides is 1. The lowest BCUT2D eigenvalue weighted by molar-refractivity contribution is 0.0745. The van der Waals surface area contributed by atoms with Crippen molar-refractivity contribution < 1.29 is 4.79 Å². The Morgan fingerprint density at radius 3 is 2.46 bits per heavy atom. The topological polar surface area (TPSA) is 74.2 Å². The summed E-state index contributed by atoms with van der Waals surface area (Å²) >= 11 is 2.21. The molecule has 1 N–H and O–H groups in total. The first-order chi connectivity index (χ1) is 13.7. The lowest BCUT2D eigenvalue weighted by Crippen LogP contribution is -2.49. The summed E-state index contributed by atoms with van der Waals surface area (Å²) in [5.74, 6) is 2.36. The molecule has 1 fully saturated rings. The largest absolute Gasteiger partial charge is 0.353 e. The van der Waals surface area contributed by atoms with Crippen molar-refractivity contribution in [1.29, 1.82) is 0 Å². The van der Waals surface area contributed by atoms with Gasteiger partial charge >= 0.3 is 0 Å². The summed E-state index contributed by atoms with van der Waals surface area (Å²) in [5.41, 5.74) is 0.764. The Labute approximate surface area is 177 Å². The van der Waals surface area contributed by atoms with E-state index in [2.05, 4.69) is 47.8 Å². The number of rotatable bonds is 4. The first kappa shape index (κ1) is 18.6. The highest BCUT2D eigenvalue weighted by Gasteiger charge is 2.24. The van der Waals surface area contributed by atoms with Crippen LogP contribution in [0.4, 0.5) is 17.5 Å². The maximum atomic E-state index is 12.8. The molecule has 1 aliphatic rings. The van der Waals surface area contributed by atoms with E-state index in [-0.39, 0.29) is 5.91 Å². The lowest BCUT2D eigenvalue weighted by atomic mass is 10.2. The van der Waals surface area contributed by atoms with E-state index in [1.165, 1.54) is 0 Å². The molecule has 0 bridgehead atoms. The Bertz CT molecular complexity index is 960. The Balaban J connectivity index is 1.41. The Kier molecular flexibility index (Phi) is 5.65. The Morgan fingerprint density at radius 2 is 1.71 bits per heavy atom. The average Bonchev–Trinajstić information content (AvgIpc) is 2.75. The quantitative estimate of drug-likeness (QED) is 0.572. The van der Waals surface area contributed by atoms with Gasteiger partial charge in [-0.05, 0) is 46.9 Å². The van der Waals surface area contributed by atoms with E-state index in [0.29, 0.717) is 18.9 Å². The van der Waals surface area contributed by atoms with Gasteiger partial charge in [-0.25, -0.2) is 15.0 Å². The average molecular weight is 486 g/mol. The first-order valence-corrected chi connectivity index (χ1v) is 10.1. The van der Waals surface area contributed by atoms with E-state index in [9.17, 15) is 4.79 Å². The molecule has 1 saturated heterocycles. The highest BCUT2D eigenvalue weighted by Crippen LogP contribution is 2.20. The summed E-state index contributed by atoms with van der Waals surface area (Å²) in [6.45, 7) is 2.79. The fourth-order valence-corrected chi connectivity index (χ4v) is 3.72. The molecule has 0 unspecified atom stereocenters. The van der Waals surface area contributed by atoms with E-state index < -0.39 is 0 Å². The van der Waals surface area contributed by atoms with Crippen LogP contribution in [0.2, 0.25) is 0 Å². The van der Waals surface area contributed by atoms with Crippen molar-refractivity contribution in [3.05, 3.63) is 70.2 Å². The van der Waals surface area contributed by atoms with Gasteiger partial charge in [-0.3, -0.25) is 4.79 Å². The van der Waals surface area contributed by atoms with E-state index in [4.69, 9.17) is 0 Å². The van der Waals surface area contributed by atoms with Crippen molar-refractivity contribution in [2.24, 2.45) is 0 Å². The molecule has 1 aromatic carbocycles. The van der Waals surface area contributed by atoms with Crippen molar-refractivity contribution in [1.82, 2.24) is 19.9 Å². The SMILES string of the molecule is O=C(c1ccccc1I)N1CCN(c2cc(Nc3ccccn3)ncn2)CC1. The number of carbonyl (C=O) groups is 1. The molecule has 0 spiro atoms. The standard InChI is InChI=1S/C20H19IN6O/c21-16-6-2-1-5-15(16)20(28)27-11-9-26(10-12-27)19-13-18(23-14-24-19)25-17-7-3-4-8-22-17/h1-8,13-14H,9-12H2,(H,22,23,24,25). The Hall–Kier alpha value is -2.75. The minimum Gasteiger partial charge on any atom is -0.353 e. The number of hydrogen-bond donors (Lipinski definition) is 1. The molecule has 1 aliphatic heterocycles. The number of nitrogens with zero attached hydrogens (tertiary/aromatic N) is 5. The monoisotopic (exact) mass is 486 g/mol. The van der Waals surface area contributed by atoms with Crippen LogP contribution in [0, 0.1) is 3.57 Å². The molecule has 0 atom stereocenters. The fraction of sp³-hybridized carbons (Fsp3) is 0.200. The second kappa shape index (κ2) is 8.51. The molecule has 142 valence electrons. The predicted molar refractivity (Wildman–Crippen MR) is 117 cm³/mol. The molecule has 2 aromatic heterocycles. The van der Waals surface area contributed by atoms with Crippen LogP contribution in [0.25, 0.3) is 0 Å². The fourth-order valence-electron chi connectivity index (χ4n) is 3.10. The van der Waals surface area contributed by atoms with Gasteiger partial charge in [-0.1, -0.05) is 18.2 Å². The molecule has 3 heterocycles. The zero-order chi connectivity index (χ0) is 19.3. The highest BCUT2D eigenvalue weighted by atomic mass is 127. The maximum Gasteiger partial charge on any atom is 0.255 e. The third-order valence-corrected chi connectivity index (χ3v) is 5.51. The number of piperazine rings is 1. The van der Waals surface area contributed by atoms with Gasteiger partial charge < -0.3 is 15.1 Å². The zero-order valence-electron chi connectivity index (χ0n) is 15.1. The number of nitrogens with one attached hydrogen (secondary N) is 1.